The number of aromatic nitrogens is 1. The van der Waals surface area contributed by atoms with E-state index in [-0.39, 0.29) is 9.92 Å². The number of anilines is 1. The Morgan fingerprint density at radius 1 is 1.13 bits per heavy atom. The Morgan fingerprint density at radius 2 is 1.80 bits per heavy atom. The van der Waals surface area contributed by atoms with Crippen LogP contribution in [0.15, 0.2) is 58.9 Å². The average molecular weight is 461 g/mol. The van der Waals surface area contributed by atoms with Crippen molar-refractivity contribution in [3.05, 3.63) is 75.8 Å². The van der Waals surface area contributed by atoms with Gasteiger partial charge < -0.3 is 5.32 Å². The lowest BCUT2D eigenvalue weighted by Gasteiger charge is -2.16. The number of nitrogens with one attached hydrogen (secondary N) is 2. The van der Waals surface area contributed by atoms with E-state index < -0.39 is 15.4 Å². The zero-order chi connectivity index (χ0) is 21.8. The van der Waals surface area contributed by atoms with Crippen LogP contribution in [0.4, 0.5) is 5.13 Å². The Labute approximate surface area is 185 Å². The lowest BCUT2D eigenvalue weighted by Crippen LogP contribution is -2.16. The maximum Gasteiger partial charge on any atom is 0.265 e. The molecule has 2 N–H and O–H groups in total. The molecule has 0 aliphatic carbocycles. The maximum atomic E-state index is 12.5. The molecule has 1 aromatic heterocycles. The second-order valence-electron chi connectivity index (χ2n) is 7.24. The Balaban J connectivity index is 1.60. The zero-order valence-corrected chi connectivity index (χ0v) is 18.9. The molecule has 6 nitrogen and oxygen atoms in total. The minimum absolute atomic E-state index is 0.0128. The summed E-state index contributed by atoms with van der Waals surface area (Å²) in [6, 6.07) is 15.1. The largest absolute Gasteiger partial charge is 0.309 e. The van der Waals surface area contributed by atoms with Crippen LogP contribution in [0.1, 0.15) is 30.5 Å². The summed E-state index contributed by atoms with van der Waals surface area (Å²) in [5.74, 6) is 0. The standard InChI is InChI=1S/C21H21ClN4O2S2/c1-21(2,14-23)17-6-3-15(4-7-17)12-24-13-16-5-8-19(18(22)11-16)30(27,28)26-20-25-9-10-29-20/h3-11,24H,12-13H2,1-2H3,(H,25,26). The monoisotopic (exact) mass is 460 g/mol. The molecule has 0 bridgehead atoms. The Morgan fingerprint density at radius 3 is 2.40 bits per heavy atom. The van der Waals surface area contributed by atoms with Gasteiger partial charge in [-0.3, -0.25) is 4.72 Å². The molecule has 0 aliphatic rings. The van der Waals surface area contributed by atoms with E-state index in [1.165, 1.54) is 23.6 Å². The van der Waals surface area contributed by atoms with Crippen molar-refractivity contribution in [1.82, 2.24) is 10.3 Å². The normalized spacial score (nSPS) is 11.8. The molecule has 0 radical (unpaired) electrons. The summed E-state index contributed by atoms with van der Waals surface area (Å²) in [5, 5.41) is 14.7. The van der Waals surface area contributed by atoms with Gasteiger partial charge in [-0.25, -0.2) is 13.4 Å². The number of halogens is 1. The molecular formula is C21H21ClN4O2S2. The van der Waals surface area contributed by atoms with Gasteiger partial charge >= 0.3 is 0 Å². The molecule has 0 spiro atoms. The number of thiazole rings is 1. The van der Waals surface area contributed by atoms with Crippen molar-refractivity contribution in [3.63, 3.8) is 0 Å². The van der Waals surface area contributed by atoms with E-state index in [1.807, 2.05) is 38.1 Å². The molecule has 30 heavy (non-hydrogen) atoms. The molecule has 0 aliphatic heterocycles. The van der Waals surface area contributed by atoms with E-state index in [4.69, 9.17) is 11.6 Å². The van der Waals surface area contributed by atoms with Gasteiger partial charge in [0.2, 0.25) is 0 Å². The number of rotatable bonds is 8. The first kappa shape index (κ1) is 22.2. The minimum Gasteiger partial charge on any atom is -0.309 e. The fourth-order valence-electron chi connectivity index (χ4n) is 2.77. The van der Waals surface area contributed by atoms with Crippen molar-refractivity contribution in [2.45, 2.75) is 37.2 Å². The lowest BCUT2D eigenvalue weighted by molar-refractivity contribution is 0.601. The number of nitriles is 1. The molecule has 0 saturated carbocycles. The molecule has 0 atom stereocenters. The first-order chi connectivity index (χ1) is 14.2. The van der Waals surface area contributed by atoms with E-state index in [1.54, 1.807) is 17.5 Å². The van der Waals surface area contributed by atoms with Gasteiger partial charge in [-0.2, -0.15) is 5.26 Å². The Kier molecular flexibility index (Phi) is 6.78. The predicted molar refractivity (Wildman–Crippen MR) is 120 cm³/mol. The highest BCUT2D eigenvalue weighted by atomic mass is 35.5. The van der Waals surface area contributed by atoms with E-state index in [0.717, 1.165) is 16.7 Å². The van der Waals surface area contributed by atoms with Crippen LogP contribution in [0, 0.1) is 11.3 Å². The van der Waals surface area contributed by atoms with Crippen LogP contribution >= 0.6 is 22.9 Å². The minimum atomic E-state index is -3.79. The summed E-state index contributed by atoms with van der Waals surface area (Å²) in [6.07, 6.45) is 1.52. The van der Waals surface area contributed by atoms with Gasteiger partial charge in [-0.15, -0.1) is 11.3 Å². The summed E-state index contributed by atoms with van der Waals surface area (Å²) in [4.78, 5) is 3.94. The second kappa shape index (κ2) is 9.14. The second-order valence-corrected chi connectivity index (χ2v) is 10.2. The van der Waals surface area contributed by atoms with Crippen LogP contribution in [-0.4, -0.2) is 13.4 Å². The van der Waals surface area contributed by atoms with Crippen LogP contribution in [0.2, 0.25) is 5.02 Å². The predicted octanol–water partition coefficient (Wildman–Crippen LogP) is 4.69. The summed E-state index contributed by atoms with van der Waals surface area (Å²) < 4.78 is 27.4. The summed E-state index contributed by atoms with van der Waals surface area (Å²) in [6.45, 7) is 4.95. The molecular weight excluding hydrogens is 440 g/mol. The van der Waals surface area contributed by atoms with Crippen molar-refractivity contribution in [1.29, 1.82) is 5.26 Å². The van der Waals surface area contributed by atoms with Gasteiger partial charge in [0.1, 0.15) is 4.90 Å². The van der Waals surface area contributed by atoms with Gasteiger partial charge in [0.25, 0.3) is 10.0 Å². The van der Waals surface area contributed by atoms with Gasteiger partial charge in [-0.1, -0.05) is 41.9 Å². The molecule has 1 heterocycles. The molecule has 156 valence electrons. The lowest BCUT2D eigenvalue weighted by atomic mass is 9.86. The van der Waals surface area contributed by atoms with Crippen LogP contribution in [0.3, 0.4) is 0 Å². The highest BCUT2D eigenvalue weighted by Gasteiger charge is 2.20. The number of sulfonamides is 1. The number of hydrogen-bond acceptors (Lipinski definition) is 6. The number of benzene rings is 2. The smallest absolute Gasteiger partial charge is 0.265 e. The van der Waals surface area contributed by atoms with Crippen molar-refractivity contribution >= 4 is 38.1 Å². The molecule has 0 amide bonds. The fourth-order valence-corrected chi connectivity index (χ4v) is 5.13. The van der Waals surface area contributed by atoms with Crippen LogP contribution in [0.25, 0.3) is 0 Å². The van der Waals surface area contributed by atoms with Crippen molar-refractivity contribution in [2.24, 2.45) is 0 Å². The van der Waals surface area contributed by atoms with Crippen molar-refractivity contribution in [3.8, 4) is 6.07 Å². The van der Waals surface area contributed by atoms with Gasteiger partial charge in [0.05, 0.1) is 16.5 Å². The van der Waals surface area contributed by atoms with E-state index in [2.05, 4.69) is 21.1 Å². The Bertz CT molecular complexity index is 1150. The third kappa shape index (κ3) is 5.37. The summed E-state index contributed by atoms with van der Waals surface area (Å²) >= 11 is 7.43. The average Bonchev–Trinajstić information content (AvgIpc) is 3.20. The van der Waals surface area contributed by atoms with Crippen LogP contribution in [-0.2, 0) is 28.5 Å². The topological polar surface area (TPSA) is 94.9 Å². The molecule has 9 heteroatoms. The van der Waals surface area contributed by atoms with E-state index in [9.17, 15) is 13.7 Å². The summed E-state index contributed by atoms with van der Waals surface area (Å²) in [7, 11) is -3.79. The van der Waals surface area contributed by atoms with Gasteiger partial charge in [0, 0.05) is 24.7 Å². The van der Waals surface area contributed by atoms with E-state index in [0.29, 0.717) is 18.2 Å². The van der Waals surface area contributed by atoms with Crippen molar-refractivity contribution in [2.75, 3.05) is 4.72 Å². The molecule has 3 aromatic rings. The first-order valence-electron chi connectivity index (χ1n) is 9.13. The van der Waals surface area contributed by atoms with Gasteiger partial charge in [-0.05, 0) is 42.7 Å². The maximum absolute atomic E-state index is 12.5. The highest BCUT2D eigenvalue weighted by molar-refractivity contribution is 7.93. The Hall–Kier alpha value is -2.44. The zero-order valence-electron chi connectivity index (χ0n) is 16.5. The van der Waals surface area contributed by atoms with Crippen LogP contribution in [0.5, 0.6) is 0 Å². The summed E-state index contributed by atoms with van der Waals surface area (Å²) in [5.41, 5.74) is 2.42. The quantitative estimate of drug-likeness (QED) is 0.508. The third-order valence-corrected chi connectivity index (χ3v) is 7.19. The molecule has 0 saturated heterocycles. The van der Waals surface area contributed by atoms with E-state index >= 15 is 0 Å². The molecule has 0 unspecified atom stereocenters. The number of nitrogens with zero attached hydrogens (tertiary/aromatic N) is 2. The van der Waals surface area contributed by atoms with Crippen molar-refractivity contribution < 1.29 is 8.42 Å². The molecule has 2 aromatic carbocycles. The third-order valence-electron chi connectivity index (χ3n) is 4.55. The SMILES string of the molecule is CC(C)(C#N)c1ccc(CNCc2ccc(S(=O)(=O)Nc3nccs3)c(Cl)c2)cc1. The highest BCUT2D eigenvalue weighted by Crippen LogP contribution is 2.26. The number of hydrogen-bond donors (Lipinski definition) is 2. The van der Waals surface area contributed by atoms with Gasteiger partial charge in [0.15, 0.2) is 5.13 Å². The fraction of sp³-hybridized carbons (Fsp3) is 0.238. The first-order valence-corrected chi connectivity index (χ1v) is 11.9. The van der Waals surface area contributed by atoms with Crippen LogP contribution < -0.4 is 10.0 Å². The molecule has 0 fully saturated rings. The molecule has 3 rings (SSSR count).